The van der Waals surface area contributed by atoms with Gasteiger partial charge >= 0.3 is 5.97 Å². The van der Waals surface area contributed by atoms with Crippen LogP contribution in [0.25, 0.3) is 0 Å². The van der Waals surface area contributed by atoms with Crippen LogP contribution in [-0.2, 0) is 0 Å². The number of nitrogens with zero attached hydrogens (tertiary/aromatic N) is 1. The highest BCUT2D eigenvalue weighted by Crippen LogP contribution is 2.32. The predicted octanol–water partition coefficient (Wildman–Crippen LogP) is 2.17. The largest absolute Gasteiger partial charge is 0.497 e. The third-order valence-electron chi connectivity index (χ3n) is 3.51. The molecule has 136 valence electrons. The Morgan fingerprint density at radius 1 is 1.00 bits per heavy atom. The number of carbonyl (C=O) groups is 2. The first-order valence-electron chi connectivity index (χ1n) is 7.47. The highest BCUT2D eigenvalue weighted by molar-refractivity contribution is 6.02. The molecule has 0 aliphatic carbocycles. The molecule has 0 spiro atoms. The molecular formula is C18H18N2O6. The van der Waals surface area contributed by atoms with E-state index in [0.717, 1.165) is 0 Å². The Balaban J connectivity index is 2.21. The number of hydrazone groups is 1. The van der Waals surface area contributed by atoms with Crippen molar-refractivity contribution in [2.75, 3.05) is 21.3 Å². The van der Waals surface area contributed by atoms with Crippen molar-refractivity contribution < 1.29 is 28.9 Å². The molecule has 26 heavy (non-hydrogen) atoms. The molecule has 0 atom stereocenters. The molecule has 0 aliphatic heterocycles. The van der Waals surface area contributed by atoms with Crippen molar-refractivity contribution in [1.82, 2.24) is 5.43 Å². The summed E-state index contributed by atoms with van der Waals surface area (Å²) in [5, 5.41) is 13.3. The maximum Gasteiger partial charge on any atom is 0.340 e. The van der Waals surface area contributed by atoms with Crippen LogP contribution in [0.4, 0.5) is 0 Å². The lowest BCUT2D eigenvalue weighted by Crippen LogP contribution is -2.17. The number of benzene rings is 2. The summed E-state index contributed by atoms with van der Waals surface area (Å²) in [5.74, 6) is -0.666. The van der Waals surface area contributed by atoms with Gasteiger partial charge < -0.3 is 19.3 Å². The van der Waals surface area contributed by atoms with Gasteiger partial charge in [-0.3, -0.25) is 4.79 Å². The van der Waals surface area contributed by atoms with Gasteiger partial charge in [0.25, 0.3) is 5.91 Å². The number of aromatic carboxylic acids is 1. The van der Waals surface area contributed by atoms with E-state index in [9.17, 15) is 14.7 Å². The lowest BCUT2D eigenvalue weighted by Gasteiger charge is -2.12. The van der Waals surface area contributed by atoms with Gasteiger partial charge in [0.1, 0.15) is 11.3 Å². The first-order valence-corrected chi connectivity index (χ1v) is 7.47. The van der Waals surface area contributed by atoms with Crippen molar-refractivity contribution in [3.05, 3.63) is 53.1 Å². The molecule has 0 radical (unpaired) electrons. The van der Waals surface area contributed by atoms with Gasteiger partial charge in [-0.25, -0.2) is 10.2 Å². The number of hydrogen-bond acceptors (Lipinski definition) is 6. The van der Waals surface area contributed by atoms with Gasteiger partial charge in [-0.2, -0.15) is 5.10 Å². The second-order valence-corrected chi connectivity index (χ2v) is 5.00. The lowest BCUT2D eigenvalue weighted by molar-refractivity contribution is 0.0692. The quantitative estimate of drug-likeness (QED) is 0.580. The Labute approximate surface area is 150 Å². The highest BCUT2D eigenvalue weighted by atomic mass is 16.5. The summed E-state index contributed by atoms with van der Waals surface area (Å²) in [6.07, 6.45) is 1.23. The Kier molecular flexibility index (Phi) is 6.15. The summed E-state index contributed by atoms with van der Waals surface area (Å²) in [7, 11) is 4.28. The standard InChI is InChI=1S/C18H18N2O6/c1-24-13-7-4-11(5-8-13)17(21)20-19-10-12-6-9-14(25-2)16(26-3)15(12)18(22)23/h4-10H,1-3H3,(H,20,21)(H,22,23)/b19-10-. The van der Waals surface area contributed by atoms with Crippen LogP contribution in [0.3, 0.4) is 0 Å². The van der Waals surface area contributed by atoms with Crippen LogP contribution in [0.2, 0.25) is 0 Å². The van der Waals surface area contributed by atoms with Crippen LogP contribution in [-0.4, -0.2) is 44.5 Å². The molecule has 2 aromatic rings. The number of carboxylic acids is 1. The molecule has 0 aromatic heterocycles. The van der Waals surface area contributed by atoms with Gasteiger partial charge in [-0.1, -0.05) is 0 Å². The average molecular weight is 358 g/mol. The molecule has 0 fully saturated rings. The molecular weight excluding hydrogens is 340 g/mol. The third-order valence-corrected chi connectivity index (χ3v) is 3.51. The topological polar surface area (TPSA) is 106 Å². The molecule has 1 amide bonds. The van der Waals surface area contributed by atoms with Gasteiger partial charge in [0, 0.05) is 11.1 Å². The molecule has 2 rings (SSSR count). The zero-order valence-electron chi connectivity index (χ0n) is 14.5. The summed E-state index contributed by atoms with van der Waals surface area (Å²) < 4.78 is 15.2. The number of rotatable bonds is 7. The minimum absolute atomic E-state index is 0.0745. The number of ether oxygens (including phenoxy) is 3. The van der Waals surface area contributed by atoms with E-state index in [1.165, 1.54) is 33.6 Å². The minimum atomic E-state index is -1.20. The monoisotopic (exact) mass is 358 g/mol. The van der Waals surface area contributed by atoms with Gasteiger partial charge in [0.2, 0.25) is 0 Å². The van der Waals surface area contributed by atoms with Gasteiger partial charge in [-0.15, -0.1) is 0 Å². The van der Waals surface area contributed by atoms with E-state index >= 15 is 0 Å². The molecule has 0 unspecified atom stereocenters. The molecule has 0 saturated carbocycles. The van der Waals surface area contributed by atoms with Gasteiger partial charge in [0.15, 0.2) is 11.5 Å². The summed E-state index contributed by atoms with van der Waals surface area (Å²) >= 11 is 0. The molecule has 0 bridgehead atoms. The molecule has 2 aromatic carbocycles. The Hall–Kier alpha value is -3.55. The summed E-state index contributed by atoms with van der Waals surface area (Å²) in [6.45, 7) is 0. The van der Waals surface area contributed by atoms with E-state index in [1.54, 1.807) is 30.3 Å². The zero-order valence-corrected chi connectivity index (χ0v) is 14.5. The normalized spacial score (nSPS) is 10.4. The number of amides is 1. The van der Waals surface area contributed by atoms with Gasteiger partial charge in [-0.05, 0) is 36.4 Å². The number of carboxylic acid groups (broad SMARTS) is 1. The fourth-order valence-corrected chi connectivity index (χ4v) is 2.24. The Morgan fingerprint density at radius 2 is 1.69 bits per heavy atom. The summed E-state index contributed by atoms with van der Waals surface area (Å²) in [5.41, 5.74) is 2.86. The fourth-order valence-electron chi connectivity index (χ4n) is 2.24. The average Bonchev–Trinajstić information content (AvgIpc) is 2.67. The first kappa shape index (κ1) is 18.8. The summed E-state index contributed by atoms with van der Waals surface area (Å²) in [6, 6.07) is 9.53. The SMILES string of the molecule is COc1ccc(C(=O)N/N=C\c2ccc(OC)c(OC)c2C(=O)O)cc1. The van der Waals surface area contributed by atoms with Gasteiger partial charge in [0.05, 0.1) is 27.5 Å². The van der Waals surface area contributed by atoms with Crippen molar-refractivity contribution in [1.29, 1.82) is 0 Å². The Morgan fingerprint density at radius 3 is 2.23 bits per heavy atom. The molecule has 0 saturated heterocycles. The molecule has 8 nitrogen and oxygen atoms in total. The summed E-state index contributed by atoms with van der Waals surface area (Å²) in [4.78, 5) is 23.6. The second kappa shape index (κ2) is 8.52. The van der Waals surface area contributed by atoms with E-state index in [2.05, 4.69) is 10.5 Å². The van der Waals surface area contributed by atoms with Crippen LogP contribution in [0.15, 0.2) is 41.5 Å². The minimum Gasteiger partial charge on any atom is -0.497 e. The van der Waals surface area contributed by atoms with Crippen LogP contribution in [0.1, 0.15) is 26.3 Å². The van der Waals surface area contributed by atoms with Crippen LogP contribution >= 0.6 is 0 Å². The number of methoxy groups -OCH3 is 3. The van der Waals surface area contributed by atoms with E-state index in [1.807, 2.05) is 0 Å². The smallest absolute Gasteiger partial charge is 0.340 e. The number of carbonyl (C=O) groups excluding carboxylic acids is 1. The van der Waals surface area contributed by atoms with Crippen LogP contribution in [0, 0.1) is 0 Å². The second-order valence-electron chi connectivity index (χ2n) is 5.00. The van der Waals surface area contributed by atoms with E-state index in [-0.39, 0.29) is 22.6 Å². The maximum atomic E-state index is 12.1. The Bertz CT molecular complexity index is 830. The van der Waals surface area contributed by atoms with Crippen molar-refractivity contribution in [3.63, 3.8) is 0 Å². The van der Waals surface area contributed by atoms with Crippen molar-refractivity contribution >= 4 is 18.1 Å². The number of hydrogen-bond donors (Lipinski definition) is 2. The lowest BCUT2D eigenvalue weighted by atomic mass is 10.1. The van der Waals surface area contributed by atoms with Crippen molar-refractivity contribution in [2.24, 2.45) is 5.10 Å². The first-order chi connectivity index (χ1) is 12.5. The zero-order chi connectivity index (χ0) is 19.1. The maximum absolute atomic E-state index is 12.1. The number of nitrogens with one attached hydrogen (secondary N) is 1. The van der Waals surface area contributed by atoms with E-state index in [0.29, 0.717) is 11.3 Å². The van der Waals surface area contributed by atoms with Crippen LogP contribution in [0.5, 0.6) is 17.2 Å². The molecule has 0 heterocycles. The van der Waals surface area contributed by atoms with E-state index < -0.39 is 11.9 Å². The fraction of sp³-hybridized carbons (Fsp3) is 0.167. The van der Waals surface area contributed by atoms with Crippen LogP contribution < -0.4 is 19.6 Å². The van der Waals surface area contributed by atoms with Crippen molar-refractivity contribution in [3.8, 4) is 17.2 Å². The molecule has 2 N–H and O–H groups in total. The predicted molar refractivity (Wildman–Crippen MR) is 94.6 cm³/mol. The van der Waals surface area contributed by atoms with E-state index in [4.69, 9.17) is 14.2 Å². The molecule has 8 heteroatoms. The third kappa shape index (κ3) is 4.10. The van der Waals surface area contributed by atoms with Crippen molar-refractivity contribution in [2.45, 2.75) is 0 Å². The highest BCUT2D eigenvalue weighted by Gasteiger charge is 2.20. The molecule has 0 aliphatic rings.